The molecule has 1 aliphatic rings. The number of hydrogen-bond acceptors (Lipinski definition) is 2. The molecule has 1 heterocycles. The fourth-order valence-electron chi connectivity index (χ4n) is 2.49. The number of halogens is 2. The molecule has 6 heteroatoms. The van der Waals surface area contributed by atoms with Gasteiger partial charge < -0.3 is 15.5 Å². The summed E-state index contributed by atoms with van der Waals surface area (Å²) >= 11 is 11.1. The highest BCUT2D eigenvalue weighted by atomic mass is 35.5. The molecule has 0 aromatic heterocycles. The second kappa shape index (κ2) is 7.38. The van der Waals surface area contributed by atoms with Gasteiger partial charge in [0.15, 0.2) is 5.11 Å². The van der Waals surface area contributed by atoms with Gasteiger partial charge in [0.2, 0.25) is 0 Å². The zero-order chi connectivity index (χ0) is 15.4. The molecular weight excluding hydrogens is 309 g/mol. The van der Waals surface area contributed by atoms with E-state index in [4.69, 9.17) is 23.8 Å². The topological polar surface area (TPSA) is 27.3 Å². The second-order valence-electron chi connectivity index (χ2n) is 5.63. The molecule has 1 aromatic carbocycles. The molecule has 1 aliphatic heterocycles. The molecule has 1 fully saturated rings. The third-order valence-electron chi connectivity index (χ3n) is 3.77. The first kappa shape index (κ1) is 16.5. The smallest absolute Gasteiger partial charge is 0.170 e. The fraction of sp³-hybridized carbons (Fsp3) is 0.533. The Labute approximate surface area is 135 Å². The lowest BCUT2D eigenvalue weighted by Gasteiger charge is -2.35. The maximum absolute atomic E-state index is 13.1. The number of piperidine rings is 1. The van der Waals surface area contributed by atoms with Gasteiger partial charge in [0.05, 0.1) is 5.02 Å². The Morgan fingerprint density at radius 1 is 1.38 bits per heavy atom. The van der Waals surface area contributed by atoms with Crippen LogP contribution in [0.4, 0.5) is 10.1 Å². The summed E-state index contributed by atoms with van der Waals surface area (Å²) in [4.78, 5) is 2.47. The van der Waals surface area contributed by atoms with Gasteiger partial charge in [-0.05, 0) is 57.1 Å². The minimum Gasteiger partial charge on any atom is -0.360 e. The molecule has 2 N–H and O–H groups in total. The summed E-state index contributed by atoms with van der Waals surface area (Å²) in [5.41, 5.74) is 0.693. The van der Waals surface area contributed by atoms with Gasteiger partial charge in [-0.1, -0.05) is 11.6 Å². The van der Waals surface area contributed by atoms with Gasteiger partial charge in [-0.25, -0.2) is 4.39 Å². The summed E-state index contributed by atoms with van der Waals surface area (Å²) in [7, 11) is 0. The summed E-state index contributed by atoms with van der Waals surface area (Å²) in [6.07, 6.45) is 2.15. The van der Waals surface area contributed by atoms with Crippen molar-refractivity contribution < 1.29 is 4.39 Å². The SMILES string of the molecule is CC(C)N1CCC(NC(=S)Nc2ccc(F)c(Cl)c2)CC1. The van der Waals surface area contributed by atoms with E-state index in [1.165, 1.54) is 12.1 Å². The summed E-state index contributed by atoms with van der Waals surface area (Å²) in [6.45, 7) is 6.61. The molecular formula is C15H21ClFN3S. The second-order valence-corrected chi connectivity index (χ2v) is 6.45. The molecule has 0 spiro atoms. The molecule has 21 heavy (non-hydrogen) atoms. The normalized spacial score (nSPS) is 17.0. The molecule has 2 rings (SSSR count). The minimum absolute atomic E-state index is 0.0908. The molecule has 0 amide bonds. The van der Waals surface area contributed by atoms with E-state index in [9.17, 15) is 4.39 Å². The predicted molar refractivity (Wildman–Crippen MR) is 90.5 cm³/mol. The number of thiocarbonyl (C=S) groups is 1. The van der Waals surface area contributed by atoms with Crippen LogP contribution in [-0.2, 0) is 0 Å². The number of anilines is 1. The lowest BCUT2D eigenvalue weighted by Crippen LogP contribution is -2.47. The van der Waals surface area contributed by atoms with Crippen LogP contribution < -0.4 is 10.6 Å². The van der Waals surface area contributed by atoms with Gasteiger partial charge in [-0.3, -0.25) is 0 Å². The summed E-state index contributed by atoms with van der Waals surface area (Å²) in [6, 6.07) is 5.46. The van der Waals surface area contributed by atoms with E-state index in [0.717, 1.165) is 25.9 Å². The van der Waals surface area contributed by atoms with Gasteiger partial charge in [0.25, 0.3) is 0 Å². The van der Waals surface area contributed by atoms with Gasteiger partial charge in [0, 0.05) is 30.9 Å². The number of nitrogens with one attached hydrogen (secondary N) is 2. The summed E-state index contributed by atoms with van der Waals surface area (Å²) < 4.78 is 13.1. The van der Waals surface area contributed by atoms with E-state index in [1.54, 1.807) is 6.07 Å². The standard InChI is InChI=1S/C15H21ClFN3S/c1-10(2)20-7-5-11(6-8-20)18-15(21)19-12-3-4-14(17)13(16)9-12/h3-4,9-11H,5-8H2,1-2H3,(H2,18,19,21). The lowest BCUT2D eigenvalue weighted by molar-refractivity contribution is 0.168. The summed E-state index contributed by atoms with van der Waals surface area (Å²) in [5.74, 6) is -0.429. The molecule has 0 radical (unpaired) electrons. The first-order valence-corrected chi connectivity index (χ1v) is 8.01. The van der Waals surface area contributed by atoms with Crippen LogP contribution in [0.5, 0.6) is 0 Å². The third kappa shape index (κ3) is 4.80. The van der Waals surface area contributed by atoms with Gasteiger partial charge in [0.1, 0.15) is 5.82 Å². The van der Waals surface area contributed by atoms with Crippen molar-refractivity contribution in [3.8, 4) is 0 Å². The Morgan fingerprint density at radius 2 is 2.05 bits per heavy atom. The fourth-order valence-corrected chi connectivity index (χ4v) is 2.95. The zero-order valence-electron chi connectivity index (χ0n) is 12.3. The molecule has 0 saturated carbocycles. The van der Waals surface area contributed by atoms with Crippen LogP contribution in [0.1, 0.15) is 26.7 Å². The van der Waals surface area contributed by atoms with Crippen molar-refractivity contribution in [1.82, 2.24) is 10.2 Å². The Balaban J connectivity index is 1.81. The van der Waals surface area contributed by atoms with Crippen LogP contribution in [0.15, 0.2) is 18.2 Å². The average molecular weight is 330 g/mol. The van der Waals surface area contributed by atoms with Crippen LogP contribution in [0.3, 0.4) is 0 Å². The first-order valence-electron chi connectivity index (χ1n) is 7.22. The number of hydrogen-bond donors (Lipinski definition) is 2. The van der Waals surface area contributed by atoms with Crippen LogP contribution in [0.2, 0.25) is 5.02 Å². The number of nitrogens with zero attached hydrogens (tertiary/aromatic N) is 1. The van der Waals surface area contributed by atoms with Crippen LogP contribution in [0, 0.1) is 5.82 Å². The van der Waals surface area contributed by atoms with Crippen molar-refractivity contribution in [2.45, 2.75) is 38.8 Å². The summed E-state index contributed by atoms with van der Waals surface area (Å²) in [5, 5.41) is 7.01. The van der Waals surface area contributed by atoms with Crippen LogP contribution >= 0.6 is 23.8 Å². The highest BCUT2D eigenvalue weighted by molar-refractivity contribution is 7.80. The molecule has 0 unspecified atom stereocenters. The van der Waals surface area contributed by atoms with Crippen molar-refractivity contribution >= 4 is 34.6 Å². The highest BCUT2D eigenvalue weighted by Gasteiger charge is 2.21. The third-order valence-corrected chi connectivity index (χ3v) is 4.28. The van der Waals surface area contributed by atoms with E-state index in [2.05, 4.69) is 29.4 Å². The van der Waals surface area contributed by atoms with E-state index in [1.807, 2.05) is 0 Å². The maximum atomic E-state index is 13.1. The van der Waals surface area contributed by atoms with E-state index in [-0.39, 0.29) is 5.02 Å². The number of likely N-dealkylation sites (tertiary alicyclic amines) is 1. The van der Waals surface area contributed by atoms with Crippen molar-refractivity contribution in [1.29, 1.82) is 0 Å². The predicted octanol–water partition coefficient (Wildman–Crippen LogP) is 3.64. The highest BCUT2D eigenvalue weighted by Crippen LogP contribution is 2.19. The molecule has 1 aromatic rings. The molecule has 0 aliphatic carbocycles. The van der Waals surface area contributed by atoms with E-state index < -0.39 is 5.82 Å². The Hall–Kier alpha value is -0.910. The molecule has 1 saturated heterocycles. The molecule has 3 nitrogen and oxygen atoms in total. The molecule has 0 bridgehead atoms. The Bertz CT molecular complexity index is 502. The van der Waals surface area contributed by atoms with E-state index >= 15 is 0 Å². The largest absolute Gasteiger partial charge is 0.360 e. The first-order chi connectivity index (χ1) is 9.95. The van der Waals surface area contributed by atoms with Crippen molar-refractivity contribution in [2.24, 2.45) is 0 Å². The van der Waals surface area contributed by atoms with E-state index in [0.29, 0.717) is 22.9 Å². The Kier molecular flexibility index (Phi) is 5.79. The van der Waals surface area contributed by atoms with Crippen LogP contribution in [-0.4, -0.2) is 35.2 Å². The quantitative estimate of drug-likeness (QED) is 0.828. The monoisotopic (exact) mass is 329 g/mol. The van der Waals surface area contributed by atoms with Crippen molar-refractivity contribution in [3.63, 3.8) is 0 Å². The lowest BCUT2D eigenvalue weighted by atomic mass is 10.0. The maximum Gasteiger partial charge on any atom is 0.170 e. The average Bonchev–Trinajstić information content (AvgIpc) is 2.43. The number of benzene rings is 1. The molecule has 0 atom stereocenters. The minimum atomic E-state index is -0.429. The van der Waals surface area contributed by atoms with Gasteiger partial charge >= 0.3 is 0 Å². The Morgan fingerprint density at radius 3 is 2.62 bits per heavy atom. The van der Waals surface area contributed by atoms with Crippen molar-refractivity contribution in [3.05, 3.63) is 29.0 Å². The molecule has 116 valence electrons. The van der Waals surface area contributed by atoms with Gasteiger partial charge in [-0.15, -0.1) is 0 Å². The van der Waals surface area contributed by atoms with Crippen molar-refractivity contribution in [2.75, 3.05) is 18.4 Å². The zero-order valence-corrected chi connectivity index (χ0v) is 13.9. The van der Waals surface area contributed by atoms with Gasteiger partial charge in [-0.2, -0.15) is 0 Å². The number of rotatable bonds is 3. The van der Waals surface area contributed by atoms with Crippen LogP contribution in [0.25, 0.3) is 0 Å².